The van der Waals surface area contributed by atoms with Gasteiger partial charge in [-0.05, 0) is 49.6 Å². The number of aliphatic hydroxyl groups excluding tert-OH is 1. The molecular weight excluding hydrogens is 387 g/mol. The smallest absolute Gasteiger partial charge is 0.416 e. The van der Waals surface area contributed by atoms with Crippen LogP contribution >= 0.6 is 0 Å². The Balaban J connectivity index is 1.75. The standard InChI is InChI=1S/C20H20F3N3O3/c1-11-8-12(20(21,22)23)9-16(28-2)17(11)14-5-6-15-18(24-14)25-19(29-15)26-7-3-4-13(27)10-26/h5-6,8-9,13,27H,3-4,7,10H2,1-2H3. The minimum atomic E-state index is -4.46. The minimum absolute atomic E-state index is 0.0899. The molecule has 9 heteroatoms. The molecule has 1 aliphatic rings. The SMILES string of the molecule is COc1cc(C(F)(F)F)cc(C)c1-c1ccc2oc(N3CCCC(O)C3)nc2n1. The molecule has 1 aromatic carbocycles. The molecule has 1 atom stereocenters. The number of nitrogens with zero attached hydrogens (tertiary/aromatic N) is 3. The van der Waals surface area contributed by atoms with E-state index in [4.69, 9.17) is 9.15 Å². The number of oxazole rings is 1. The highest BCUT2D eigenvalue weighted by Crippen LogP contribution is 2.39. The van der Waals surface area contributed by atoms with Crippen molar-refractivity contribution in [2.45, 2.75) is 32.0 Å². The average Bonchev–Trinajstić information content (AvgIpc) is 3.10. The zero-order valence-corrected chi connectivity index (χ0v) is 16.0. The van der Waals surface area contributed by atoms with E-state index in [-0.39, 0.29) is 5.75 Å². The van der Waals surface area contributed by atoms with Crippen molar-refractivity contribution in [2.24, 2.45) is 0 Å². The van der Waals surface area contributed by atoms with E-state index in [1.165, 1.54) is 7.11 Å². The quantitative estimate of drug-likeness (QED) is 0.702. The summed E-state index contributed by atoms with van der Waals surface area (Å²) in [7, 11) is 1.33. The molecule has 3 aromatic rings. The predicted octanol–water partition coefficient (Wildman–Crippen LogP) is 4.19. The normalized spacial score (nSPS) is 17.7. The number of benzene rings is 1. The molecule has 0 spiro atoms. The number of fused-ring (bicyclic) bond motifs is 1. The van der Waals surface area contributed by atoms with Gasteiger partial charge in [-0.2, -0.15) is 18.2 Å². The molecule has 4 rings (SSSR count). The summed E-state index contributed by atoms with van der Waals surface area (Å²) in [6.45, 7) is 2.75. The number of piperidine rings is 1. The van der Waals surface area contributed by atoms with Crippen molar-refractivity contribution in [3.8, 4) is 17.0 Å². The number of halogens is 3. The highest BCUT2D eigenvalue weighted by atomic mass is 19.4. The summed E-state index contributed by atoms with van der Waals surface area (Å²) >= 11 is 0. The molecule has 1 N–H and O–H groups in total. The highest BCUT2D eigenvalue weighted by Gasteiger charge is 2.32. The van der Waals surface area contributed by atoms with Gasteiger partial charge in [-0.25, -0.2) is 4.98 Å². The number of hydrogen-bond acceptors (Lipinski definition) is 6. The molecule has 0 saturated carbocycles. The van der Waals surface area contributed by atoms with Crippen LogP contribution in [0.25, 0.3) is 22.5 Å². The van der Waals surface area contributed by atoms with E-state index in [1.54, 1.807) is 19.1 Å². The monoisotopic (exact) mass is 407 g/mol. The van der Waals surface area contributed by atoms with Gasteiger partial charge in [0.15, 0.2) is 5.58 Å². The zero-order chi connectivity index (χ0) is 20.8. The lowest BCUT2D eigenvalue weighted by Crippen LogP contribution is -2.38. The van der Waals surface area contributed by atoms with Crippen molar-refractivity contribution in [3.63, 3.8) is 0 Å². The first kappa shape index (κ1) is 19.5. The molecule has 0 bridgehead atoms. The summed E-state index contributed by atoms with van der Waals surface area (Å²) < 4.78 is 50.3. The molecule has 29 heavy (non-hydrogen) atoms. The van der Waals surface area contributed by atoms with Gasteiger partial charge in [0.05, 0.1) is 24.5 Å². The van der Waals surface area contributed by atoms with Crippen LogP contribution in [0.5, 0.6) is 5.75 Å². The van der Waals surface area contributed by atoms with E-state index >= 15 is 0 Å². The van der Waals surface area contributed by atoms with Crippen LogP contribution in [0, 0.1) is 6.92 Å². The third-order valence-electron chi connectivity index (χ3n) is 5.01. The number of ether oxygens (including phenoxy) is 1. The fourth-order valence-corrected chi connectivity index (χ4v) is 3.62. The van der Waals surface area contributed by atoms with Gasteiger partial charge in [-0.15, -0.1) is 0 Å². The van der Waals surface area contributed by atoms with Crippen LogP contribution in [-0.2, 0) is 6.18 Å². The van der Waals surface area contributed by atoms with Crippen LogP contribution in [0.4, 0.5) is 19.2 Å². The first-order valence-corrected chi connectivity index (χ1v) is 9.23. The molecule has 0 amide bonds. The maximum absolute atomic E-state index is 13.1. The number of β-amino-alcohol motifs (C(OH)–C–C–N with tert-alkyl or cyclic N) is 1. The Bertz CT molecular complexity index is 1050. The molecule has 1 saturated heterocycles. The fraction of sp³-hybridized carbons (Fsp3) is 0.400. The number of aliphatic hydroxyl groups is 1. The molecule has 1 aliphatic heterocycles. The molecule has 2 aromatic heterocycles. The van der Waals surface area contributed by atoms with Crippen molar-refractivity contribution in [1.82, 2.24) is 9.97 Å². The number of aromatic nitrogens is 2. The van der Waals surface area contributed by atoms with Crippen LogP contribution in [0.1, 0.15) is 24.0 Å². The van der Waals surface area contributed by atoms with Crippen molar-refractivity contribution in [2.75, 3.05) is 25.1 Å². The zero-order valence-electron chi connectivity index (χ0n) is 16.0. The van der Waals surface area contributed by atoms with E-state index in [0.717, 1.165) is 31.5 Å². The number of alkyl halides is 3. The Hall–Kier alpha value is -2.81. The van der Waals surface area contributed by atoms with E-state index in [2.05, 4.69) is 9.97 Å². The summed E-state index contributed by atoms with van der Waals surface area (Å²) in [5, 5.41) is 9.86. The molecule has 154 valence electrons. The lowest BCUT2D eigenvalue weighted by atomic mass is 10.00. The molecular formula is C20H20F3N3O3. The van der Waals surface area contributed by atoms with Crippen molar-refractivity contribution in [3.05, 3.63) is 35.4 Å². The van der Waals surface area contributed by atoms with Crippen LogP contribution < -0.4 is 9.64 Å². The second kappa shape index (κ2) is 7.22. The largest absolute Gasteiger partial charge is 0.496 e. The van der Waals surface area contributed by atoms with Gasteiger partial charge in [-0.1, -0.05) is 0 Å². The molecule has 3 heterocycles. The van der Waals surface area contributed by atoms with Crippen LogP contribution in [0.2, 0.25) is 0 Å². The van der Waals surface area contributed by atoms with Crippen LogP contribution in [-0.4, -0.2) is 41.4 Å². The maximum atomic E-state index is 13.1. The number of hydrogen-bond donors (Lipinski definition) is 1. The predicted molar refractivity (Wildman–Crippen MR) is 101 cm³/mol. The highest BCUT2D eigenvalue weighted by molar-refractivity contribution is 5.79. The number of methoxy groups -OCH3 is 1. The summed E-state index contributed by atoms with van der Waals surface area (Å²) in [4.78, 5) is 10.8. The second-order valence-corrected chi connectivity index (χ2v) is 7.12. The molecule has 1 unspecified atom stereocenters. The first-order valence-electron chi connectivity index (χ1n) is 9.23. The third kappa shape index (κ3) is 3.74. The summed E-state index contributed by atoms with van der Waals surface area (Å²) in [5.74, 6) is 0.0899. The molecule has 0 aliphatic carbocycles. The van der Waals surface area contributed by atoms with Crippen LogP contribution in [0.3, 0.4) is 0 Å². The number of rotatable bonds is 3. The first-order chi connectivity index (χ1) is 13.8. The average molecular weight is 407 g/mol. The maximum Gasteiger partial charge on any atom is 0.416 e. The van der Waals surface area contributed by atoms with Crippen LogP contribution in [0.15, 0.2) is 28.7 Å². The van der Waals surface area contributed by atoms with Crippen molar-refractivity contribution < 1.29 is 27.4 Å². The van der Waals surface area contributed by atoms with Gasteiger partial charge in [0.25, 0.3) is 6.01 Å². The minimum Gasteiger partial charge on any atom is -0.496 e. The molecule has 1 fully saturated rings. The van der Waals surface area contributed by atoms with E-state index in [0.29, 0.717) is 40.6 Å². The lowest BCUT2D eigenvalue weighted by molar-refractivity contribution is -0.137. The molecule has 6 nitrogen and oxygen atoms in total. The van der Waals surface area contributed by atoms with E-state index in [1.807, 2.05) is 4.90 Å². The van der Waals surface area contributed by atoms with Gasteiger partial charge >= 0.3 is 6.18 Å². The van der Waals surface area contributed by atoms with Gasteiger partial charge in [-0.3, -0.25) is 0 Å². The number of aryl methyl sites for hydroxylation is 1. The molecule has 0 radical (unpaired) electrons. The van der Waals surface area contributed by atoms with Gasteiger partial charge in [0.1, 0.15) is 5.75 Å². The van der Waals surface area contributed by atoms with Gasteiger partial charge in [0, 0.05) is 18.7 Å². The number of anilines is 1. The van der Waals surface area contributed by atoms with Crippen molar-refractivity contribution in [1.29, 1.82) is 0 Å². The summed E-state index contributed by atoms with van der Waals surface area (Å²) in [6.07, 6.45) is -3.32. The Morgan fingerprint density at radius 1 is 1.24 bits per heavy atom. The summed E-state index contributed by atoms with van der Waals surface area (Å²) in [6, 6.07) is 5.77. The second-order valence-electron chi connectivity index (χ2n) is 7.12. The van der Waals surface area contributed by atoms with Crippen molar-refractivity contribution >= 4 is 17.2 Å². The van der Waals surface area contributed by atoms with E-state index in [9.17, 15) is 18.3 Å². The summed E-state index contributed by atoms with van der Waals surface area (Å²) in [5.41, 5.74) is 1.35. The lowest BCUT2D eigenvalue weighted by Gasteiger charge is -2.28. The Morgan fingerprint density at radius 2 is 2.03 bits per heavy atom. The topological polar surface area (TPSA) is 71.6 Å². The Morgan fingerprint density at radius 3 is 2.72 bits per heavy atom. The fourth-order valence-electron chi connectivity index (χ4n) is 3.62. The van der Waals surface area contributed by atoms with Gasteiger partial charge in [0.2, 0.25) is 5.65 Å². The van der Waals surface area contributed by atoms with E-state index < -0.39 is 17.8 Å². The third-order valence-corrected chi connectivity index (χ3v) is 5.01. The Kier molecular flexibility index (Phi) is 4.85. The Labute approximate surface area is 164 Å². The van der Waals surface area contributed by atoms with Gasteiger partial charge < -0.3 is 19.2 Å². The number of pyridine rings is 1.